The minimum Gasteiger partial charge on any atom is -0.279 e. The molecule has 0 aliphatic carbocycles. The van der Waals surface area contributed by atoms with Crippen LogP contribution in [0.1, 0.15) is 11.1 Å². The van der Waals surface area contributed by atoms with Crippen LogP contribution in [0, 0.1) is 5.82 Å². The minimum atomic E-state index is -3.76. The van der Waals surface area contributed by atoms with Gasteiger partial charge < -0.3 is 0 Å². The molecule has 0 radical (unpaired) electrons. The summed E-state index contributed by atoms with van der Waals surface area (Å²) in [6, 6.07) is 21.8. The molecular weight excluding hydrogens is 325 g/mol. The van der Waals surface area contributed by atoms with Crippen LogP contribution in [0.15, 0.2) is 83.8 Å². The van der Waals surface area contributed by atoms with Crippen LogP contribution in [0.25, 0.3) is 0 Å². The molecule has 0 unspecified atom stereocenters. The molecule has 3 nitrogen and oxygen atoms in total. The van der Waals surface area contributed by atoms with E-state index >= 15 is 0 Å². The first-order valence-electron chi connectivity index (χ1n) is 7.45. The summed E-state index contributed by atoms with van der Waals surface area (Å²) in [5, 5.41) is 0. The maximum Gasteiger partial charge on any atom is 0.261 e. The highest BCUT2D eigenvalue weighted by molar-refractivity contribution is 7.92. The second-order valence-electron chi connectivity index (χ2n) is 5.38. The number of anilines is 1. The van der Waals surface area contributed by atoms with E-state index < -0.39 is 15.8 Å². The molecule has 0 saturated carbocycles. The average Bonchev–Trinajstić information content (AvgIpc) is 2.58. The van der Waals surface area contributed by atoms with Crippen LogP contribution < -0.4 is 4.72 Å². The van der Waals surface area contributed by atoms with Crippen LogP contribution in [0.5, 0.6) is 0 Å². The lowest BCUT2D eigenvalue weighted by Crippen LogP contribution is -2.14. The van der Waals surface area contributed by atoms with Crippen molar-refractivity contribution in [2.24, 2.45) is 0 Å². The molecule has 0 atom stereocenters. The smallest absolute Gasteiger partial charge is 0.261 e. The Bertz CT molecular complexity index is 923. The van der Waals surface area contributed by atoms with Gasteiger partial charge in [0.15, 0.2) is 0 Å². The maximum atomic E-state index is 13.0. The van der Waals surface area contributed by atoms with Gasteiger partial charge in [-0.15, -0.1) is 0 Å². The fraction of sp³-hybridized carbons (Fsp3) is 0.0526. The van der Waals surface area contributed by atoms with E-state index in [2.05, 4.69) is 4.72 Å². The summed E-state index contributed by atoms with van der Waals surface area (Å²) in [7, 11) is -3.76. The van der Waals surface area contributed by atoms with E-state index in [0.29, 0.717) is 12.1 Å². The van der Waals surface area contributed by atoms with Crippen LogP contribution in [0.2, 0.25) is 0 Å². The lowest BCUT2D eigenvalue weighted by atomic mass is 10.0. The van der Waals surface area contributed by atoms with Gasteiger partial charge >= 0.3 is 0 Å². The standard InChI is InChI=1S/C19H16FNO2S/c20-17-10-12-18(13-11-17)24(22,23)21-19-9-5-4-8-16(19)14-15-6-2-1-3-7-15/h1-13,21H,14H2. The highest BCUT2D eigenvalue weighted by atomic mass is 32.2. The normalized spacial score (nSPS) is 11.2. The molecule has 1 N–H and O–H groups in total. The molecule has 0 saturated heterocycles. The fourth-order valence-electron chi connectivity index (χ4n) is 2.41. The average molecular weight is 341 g/mol. The summed E-state index contributed by atoms with van der Waals surface area (Å²) in [6.07, 6.45) is 0.614. The third-order valence-electron chi connectivity index (χ3n) is 3.62. The highest BCUT2D eigenvalue weighted by Crippen LogP contribution is 2.22. The first kappa shape index (κ1) is 16.2. The van der Waals surface area contributed by atoms with E-state index in [-0.39, 0.29) is 4.90 Å². The van der Waals surface area contributed by atoms with Crippen molar-refractivity contribution in [3.8, 4) is 0 Å². The number of hydrogen-bond donors (Lipinski definition) is 1. The van der Waals surface area contributed by atoms with Crippen molar-refractivity contribution in [1.82, 2.24) is 0 Å². The molecule has 24 heavy (non-hydrogen) atoms. The summed E-state index contributed by atoms with van der Waals surface area (Å²) >= 11 is 0. The first-order valence-corrected chi connectivity index (χ1v) is 8.93. The molecule has 3 aromatic carbocycles. The van der Waals surface area contributed by atoms with Crippen molar-refractivity contribution < 1.29 is 12.8 Å². The van der Waals surface area contributed by atoms with Gasteiger partial charge in [-0.25, -0.2) is 12.8 Å². The first-order chi connectivity index (χ1) is 11.5. The van der Waals surface area contributed by atoms with Crippen molar-refractivity contribution in [3.63, 3.8) is 0 Å². The Kier molecular flexibility index (Phi) is 4.62. The van der Waals surface area contributed by atoms with Gasteiger partial charge in [-0.1, -0.05) is 48.5 Å². The Morgan fingerprint density at radius 3 is 2.12 bits per heavy atom. The van der Waals surface area contributed by atoms with Crippen LogP contribution in [-0.2, 0) is 16.4 Å². The summed E-state index contributed by atoms with van der Waals surface area (Å²) in [5.41, 5.74) is 2.48. The summed E-state index contributed by atoms with van der Waals surface area (Å²) in [4.78, 5) is 0.0263. The van der Waals surface area contributed by atoms with Crippen LogP contribution in [-0.4, -0.2) is 8.42 Å². The molecule has 5 heteroatoms. The number of benzene rings is 3. The highest BCUT2D eigenvalue weighted by Gasteiger charge is 2.16. The van der Waals surface area contributed by atoms with Crippen LogP contribution in [0.4, 0.5) is 10.1 Å². The molecule has 0 amide bonds. The summed E-state index contributed by atoms with van der Waals surface area (Å²) in [5.74, 6) is -0.474. The number of hydrogen-bond acceptors (Lipinski definition) is 2. The number of nitrogens with one attached hydrogen (secondary N) is 1. The zero-order chi connectivity index (χ0) is 17.0. The third kappa shape index (κ3) is 3.81. The van der Waals surface area contributed by atoms with Gasteiger partial charge in [-0.05, 0) is 47.9 Å². The van der Waals surface area contributed by atoms with Crippen molar-refractivity contribution in [1.29, 1.82) is 0 Å². The molecule has 0 fully saturated rings. The predicted molar refractivity (Wildman–Crippen MR) is 92.9 cm³/mol. The Hall–Kier alpha value is -2.66. The van der Waals surface area contributed by atoms with Gasteiger partial charge in [0.2, 0.25) is 0 Å². The molecule has 3 rings (SSSR count). The Morgan fingerprint density at radius 1 is 0.792 bits per heavy atom. The number of para-hydroxylation sites is 1. The van der Waals surface area contributed by atoms with E-state index in [4.69, 9.17) is 0 Å². The van der Waals surface area contributed by atoms with E-state index in [0.717, 1.165) is 23.3 Å². The summed E-state index contributed by atoms with van der Waals surface area (Å²) < 4.78 is 40.6. The fourth-order valence-corrected chi connectivity index (χ4v) is 3.51. The molecular formula is C19H16FNO2S. The SMILES string of the molecule is O=S(=O)(Nc1ccccc1Cc1ccccc1)c1ccc(F)cc1. The van der Waals surface area contributed by atoms with E-state index in [9.17, 15) is 12.8 Å². The van der Waals surface area contributed by atoms with Gasteiger partial charge in [0.05, 0.1) is 10.6 Å². The Balaban J connectivity index is 1.89. The molecule has 0 heterocycles. The lowest BCUT2D eigenvalue weighted by molar-refractivity contribution is 0.599. The van der Waals surface area contributed by atoms with Crippen molar-refractivity contribution in [2.45, 2.75) is 11.3 Å². The van der Waals surface area contributed by atoms with Gasteiger partial charge in [0.25, 0.3) is 10.0 Å². The third-order valence-corrected chi connectivity index (χ3v) is 5.00. The molecule has 0 aliphatic rings. The Morgan fingerprint density at radius 2 is 1.42 bits per heavy atom. The molecule has 0 spiro atoms. The zero-order valence-corrected chi connectivity index (χ0v) is 13.6. The van der Waals surface area contributed by atoms with Gasteiger partial charge in [-0.2, -0.15) is 0 Å². The molecule has 0 aromatic heterocycles. The largest absolute Gasteiger partial charge is 0.279 e. The van der Waals surface area contributed by atoms with Crippen molar-refractivity contribution in [3.05, 3.63) is 95.8 Å². The predicted octanol–water partition coefficient (Wildman–Crippen LogP) is 4.22. The van der Waals surface area contributed by atoms with E-state index in [1.807, 2.05) is 42.5 Å². The van der Waals surface area contributed by atoms with Gasteiger partial charge in [-0.3, -0.25) is 4.72 Å². The topological polar surface area (TPSA) is 46.2 Å². The minimum absolute atomic E-state index is 0.0263. The maximum absolute atomic E-state index is 13.0. The van der Waals surface area contributed by atoms with Gasteiger partial charge in [0, 0.05) is 0 Å². The molecule has 0 bridgehead atoms. The zero-order valence-electron chi connectivity index (χ0n) is 12.8. The van der Waals surface area contributed by atoms with Crippen molar-refractivity contribution >= 4 is 15.7 Å². The molecule has 0 aliphatic heterocycles. The Labute approximate surface area is 140 Å². The lowest BCUT2D eigenvalue weighted by Gasteiger charge is -2.13. The van der Waals surface area contributed by atoms with Crippen molar-refractivity contribution in [2.75, 3.05) is 4.72 Å². The van der Waals surface area contributed by atoms with E-state index in [1.54, 1.807) is 12.1 Å². The quantitative estimate of drug-likeness (QED) is 0.755. The van der Waals surface area contributed by atoms with Gasteiger partial charge in [0.1, 0.15) is 5.82 Å². The molecule has 3 aromatic rings. The second-order valence-corrected chi connectivity index (χ2v) is 7.06. The monoisotopic (exact) mass is 341 g/mol. The van der Waals surface area contributed by atoms with E-state index in [1.165, 1.54) is 12.1 Å². The van der Waals surface area contributed by atoms with Crippen LogP contribution in [0.3, 0.4) is 0 Å². The van der Waals surface area contributed by atoms with Crippen LogP contribution >= 0.6 is 0 Å². The summed E-state index contributed by atoms with van der Waals surface area (Å²) in [6.45, 7) is 0. The number of sulfonamides is 1. The second kappa shape index (κ2) is 6.84. The number of halogens is 1. The number of rotatable bonds is 5. The molecule has 122 valence electrons.